The lowest BCUT2D eigenvalue weighted by Gasteiger charge is -2.43. The number of carbonyl (C=O) groups excluding carboxylic acids is 1. The molecule has 2 saturated heterocycles. The predicted molar refractivity (Wildman–Crippen MR) is 103 cm³/mol. The Balaban J connectivity index is 1.32. The normalized spacial score (nSPS) is 27.6. The second-order valence-electron chi connectivity index (χ2n) is 8.78. The molecular formula is C22H32N2O2. The molecule has 0 amide bonds. The second-order valence-corrected chi connectivity index (χ2v) is 8.78. The molecule has 1 aromatic rings. The van der Waals surface area contributed by atoms with Crippen LogP contribution in [0, 0.1) is 11.3 Å². The van der Waals surface area contributed by atoms with E-state index in [0.717, 1.165) is 12.5 Å². The minimum absolute atomic E-state index is 0.259. The van der Waals surface area contributed by atoms with Gasteiger partial charge in [-0.25, -0.2) is 4.79 Å². The second kappa shape index (κ2) is 7.69. The summed E-state index contributed by atoms with van der Waals surface area (Å²) in [6.07, 6.45) is 8.47. The average Bonchev–Trinajstić information content (AvgIpc) is 3.00. The Bertz CT molecular complexity index is 626. The van der Waals surface area contributed by atoms with Crippen LogP contribution in [0.15, 0.2) is 24.3 Å². The van der Waals surface area contributed by atoms with Crippen molar-refractivity contribution in [1.29, 1.82) is 0 Å². The van der Waals surface area contributed by atoms with Gasteiger partial charge < -0.3 is 9.64 Å². The first kappa shape index (κ1) is 18.0. The van der Waals surface area contributed by atoms with E-state index in [1.807, 2.05) is 12.1 Å². The largest absolute Gasteiger partial charge is 0.465 e. The van der Waals surface area contributed by atoms with Gasteiger partial charge in [0.25, 0.3) is 0 Å². The van der Waals surface area contributed by atoms with Crippen LogP contribution in [-0.2, 0) is 11.3 Å². The van der Waals surface area contributed by atoms with Crippen molar-refractivity contribution in [3.63, 3.8) is 0 Å². The van der Waals surface area contributed by atoms with E-state index < -0.39 is 0 Å². The summed E-state index contributed by atoms with van der Waals surface area (Å²) >= 11 is 0. The van der Waals surface area contributed by atoms with E-state index in [1.165, 1.54) is 83.9 Å². The van der Waals surface area contributed by atoms with Crippen molar-refractivity contribution < 1.29 is 9.53 Å². The van der Waals surface area contributed by atoms with Crippen LogP contribution >= 0.6 is 0 Å². The van der Waals surface area contributed by atoms with E-state index >= 15 is 0 Å². The highest BCUT2D eigenvalue weighted by Crippen LogP contribution is 2.40. The van der Waals surface area contributed by atoms with Gasteiger partial charge in [-0.1, -0.05) is 18.6 Å². The van der Waals surface area contributed by atoms with Gasteiger partial charge in [0.1, 0.15) is 0 Å². The van der Waals surface area contributed by atoms with Gasteiger partial charge >= 0.3 is 5.97 Å². The first-order valence-electron chi connectivity index (χ1n) is 10.3. The van der Waals surface area contributed by atoms with Crippen LogP contribution < -0.4 is 0 Å². The Morgan fingerprint density at radius 1 is 1.08 bits per heavy atom. The smallest absolute Gasteiger partial charge is 0.337 e. The molecule has 0 aromatic heterocycles. The van der Waals surface area contributed by atoms with Crippen LogP contribution in [0.25, 0.3) is 0 Å². The van der Waals surface area contributed by atoms with Crippen molar-refractivity contribution >= 4 is 5.97 Å². The highest BCUT2D eigenvalue weighted by Gasteiger charge is 2.41. The van der Waals surface area contributed by atoms with Gasteiger partial charge in [-0.15, -0.1) is 0 Å². The van der Waals surface area contributed by atoms with E-state index in [4.69, 9.17) is 4.74 Å². The molecule has 4 nitrogen and oxygen atoms in total. The summed E-state index contributed by atoms with van der Waals surface area (Å²) in [6.45, 7) is 7.39. The Kier molecular flexibility index (Phi) is 5.32. The van der Waals surface area contributed by atoms with E-state index in [1.54, 1.807) is 0 Å². The molecule has 3 fully saturated rings. The molecule has 2 heterocycles. The molecule has 142 valence electrons. The molecule has 1 aliphatic carbocycles. The molecule has 26 heavy (non-hydrogen) atoms. The van der Waals surface area contributed by atoms with Gasteiger partial charge in [0.2, 0.25) is 0 Å². The quantitative estimate of drug-likeness (QED) is 0.755. The number of ether oxygens (including phenoxy) is 1. The molecular weight excluding hydrogens is 324 g/mol. The molecule has 2 aliphatic heterocycles. The SMILES string of the molecule is COC(=O)c1ccc(CN2CCC3(CCCN(CC4CCC4)C3)C2)cc1. The summed E-state index contributed by atoms with van der Waals surface area (Å²) in [5.74, 6) is 0.724. The zero-order chi connectivity index (χ0) is 18.0. The number of hydrogen-bond donors (Lipinski definition) is 0. The van der Waals surface area contributed by atoms with Crippen molar-refractivity contribution in [2.45, 2.75) is 45.1 Å². The minimum Gasteiger partial charge on any atom is -0.465 e. The summed E-state index contributed by atoms with van der Waals surface area (Å²) in [7, 11) is 1.43. The predicted octanol–water partition coefficient (Wildman–Crippen LogP) is 3.56. The molecule has 4 rings (SSSR count). The Hall–Kier alpha value is -1.39. The van der Waals surface area contributed by atoms with Gasteiger partial charge in [-0.05, 0) is 74.2 Å². The van der Waals surface area contributed by atoms with Crippen LogP contribution in [0.2, 0.25) is 0 Å². The Morgan fingerprint density at radius 3 is 2.54 bits per heavy atom. The first-order chi connectivity index (χ1) is 12.7. The third-order valence-corrected chi connectivity index (χ3v) is 6.78. The average molecular weight is 357 g/mol. The number of carbonyl (C=O) groups is 1. The van der Waals surface area contributed by atoms with Gasteiger partial charge in [-0.2, -0.15) is 0 Å². The standard InChI is InChI=1S/C22H32N2O2/c1-26-21(25)20-8-6-19(7-9-20)15-24-13-11-22(17-24)10-3-12-23(16-22)14-18-4-2-5-18/h6-9,18H,2-5,10-17H2,1H3. The summed E-state index contributed by atoms with van der Waals surface area (Å²) in [4.78, 5) is 16.9. The van der Waals surface area contributed by atoms with Crippen LogP contribution in [-0.4, -0.2) is 55.6 Å². The lowest BCUT2D eigenvalue weighted by Crippen LogP contribution is -2.47. The van der Waals surface area contributed by atoms with Gasteiger partial charge in [0, 0.05) is 26.2 Å². The lowest BCUT2D eigenvalue weighted by atomic mass is 9.78. The molecule has 1 unspecified atom stereocenters. The maximum absolute atomic E-state index is 11.6. The van der Waals surface area contributed by atoms with Crippen LogP contribution in [0.1, 0.15) is 54.4 Å². The van der Waals surface area contributed by atoms with Crippen molar-refractivity contribution in [1.82, 2.24) is 9.80 Å². The maximum Gasteiger partial charge on any atom is 0.337 e. The molecule has 0 radical (unpaired) electrons. The zero-order valence-electron chi connectivity index (χ0n) is 16.1. The monoisotopic (exact) mass is 356 g/mol. The Labute approximate surface area is 157 Å². The lowest BCUT2D eigenvalue weighted by molar-refractivity contribution is 0.0600. The minimum atomic E-state index is -0.259. The molecule has 1 atom stereocenters. The van der Waals surface area contributed by atoms with Crippen molar-refractivity contribution in [3.8, 4) is 0 Å². The summed E-state index contributed by atoms with van der Waals surface area (Å²) in [5.41, 5.74) is 2.44. The van der Waals surface area contributed by atoms with Crippen LogP contribution in [0.3, 0.4) is 0 Å². The molecule has 1 spiro atoms. The fraction of sp³-hybridized carbons (Fsp3) is 0.682. The van der Waals surface area contributed by atoms with E-state index in [-0.39, 0.29) is 5.97 Å². The number of rotatable bonds is 5. The third kappa shape index (κ3) is 3.96. The molecule has 4 heteroatoms. The highest BCUT2D eigenvalue weighted by molar-refractivity contribution is 5.89. The molecule has 3 aliphatic rings. The maximum atomic E-state index is 11.6. The number of methoxy groups -OCH3 is 1. The highest BCUT2D eigenvalue weighted by atomic mass is 16.5. The number of esters is 1. The number of piperidine rings is 1. The van der Waals surface area contributed by atoms with Gasteiger partial charge in [-0.3, -0.25) is 4.90 Å². The fourth-order valence-electron chi connectivity index (χ4n) is 5.12. The van der Waals surface area contributed by atoms with Crippen molar-refractivity contribution in [3.05, 3.63) is 35.4 Å². The molecule has 0 bridgehead atoms. The fourth-order valence-corrected chi connectivity index (χ4v) is 5.12. The molecule has 1 saturated carbocycles. The zero-order valence-corrected chi connectivity index (χ0v) is 16.1. The number of benzene rings is 1. The molecule has 0 N–H and O–H groups in total. The topological polar surface area (TPSA) is 32.8 Å². The molecule has 1 aromatic carbocycles. The van der Waals surface area contributed by atoms with Crippen LogP contribution in [0.5, 0.6) is 0 Å². The summed E-state index contributed by atoms with van der Waals surface area (Å²) < 4.78 is 4.78. The van der Waals surface area contributed by atoms with E-state index in [2.05, 4.69) is 21.9 Å². The van der Waals surface area contributed by atoms with Gasteiger partial charge in [0.05, 0.1) is 12.7 Å². The van der Waals surface area contributed by atoms with Crippen molar-refractivity contribution in [2.24, 2.45) is 11.3 Å². The summed E-state index contributed by atoms with van der Waals surface area (Å²) in [6, 6.07) is 7.91. The van der Waals surface area contributed by atoms with E-state index in [0.29, 0.717) is 11.0 Å². The number of nitrogens with zero attached hydrogens (tertiary/aromatic N) is 2. The first-order valence-corrected chi connectivity index (χ1v) is 10.3. The van der Waals surface area contributed by atoms with Crippen LogP contribution in [0.4, 0.5) is 0 Å². The number of hydrogen-bond acceptors (Lipinski definition) is 4. The van der Waals surface area contributed by atoms with Crippen molar-refractivity contribution in [2.75, 3.05) is 39.8 Å². The van der Waals surface area contributed by atoms with E-state index in [9.17, 15) is 4.79 Å². The number of likely N-dealkylation sites (tertiary alicyclic amines) is 2. The third-order valence-electron chi connectivity index (χ3n) is 6.78. The summed E-state index contributed by atoms with van der Waals surface area (Å²) in [5, 5.41) is 0. The Morgan fingerprint density at radius 2 is 1.85 bits per heavy atom. The van der Waals surface area contributed by atoms with Gasteiger partial charge in [0.15, 0.2) is 0 Å².